The van der Waals surface area contributed by atoms with Gasteiger partial charge in [0.15, 0.2) is 0 Å². The van der Waals surface area contributed by atoms with Crippen molar-refractivity contribution < 1.29 is 14.3 Å². The zero-order valence-corrected chi connectivity index (χ0v) is 24.4. The summed E-state index contributed by atoms with van der Waals surface area (Å²) in [4.78, 5) is 23.6. The summed E-state index contributed by atoms with van der Waals surface area (Å²) in [6.07, 6.45) is 7.62. The van der Waals surface area contributed by atoms with Crippen molar-refractivity contribution in [2.24, 2.45) is 0 Å². The van der Waals surface area contributed by atoms with Gasteiger partial charge in [0.1, 0.15) is 5.82 Å². The van der Waals surface area contributed by atoms with Crippen LogP contribution in [-0.2, 0) is 43.9 Å². The monoisotopic (exact) mass is 566 g/mol. The zero-order chi connectivity index (χ0) is 29.5. The molecule has 2 aromatic carbocycles. The molecule has 1 amide bonds. The molecule has 5 rings (SSSR count). The first-order valence-corrected chi connectivity index (χ1v) is 14.7. The number of hydrogen-bond acceptors (Lipinski definition) is 5. The summed E-state index contributed by atoms with van der Waals surface area (Å²) in [5, 5.41) is 13.1. The molecule has 1 aliphatic rings. The maximum absolute atomic E-state index is 13.5. The van der Waals surface area contributed by atoms with Crippen LogP contribution in [0.5, 0.6) is 0 Å². The van der Waals surface area contributed by atoms with Gasteiger partial charge in [-0.3, -0.25) is 19.7 Å². The summed E-state index contributed by atoms with van der Waals surface area (Å²) in [6, 6.07) is 21.3. The molecular formula is C35H39FN4O2. The number of aliphatic hydroxyl groups excluding tert-OH is 1. The molecule has 0 saturated heterocycles. The van der Waals surface area contributed by atoms with Gasteiger partial charge in [0.2, 0.25) is 5.91 Å². The van der Waals surface area contributed by atoms with Gasteiger partial charge in [-0.15, -0.1) is 0 Å². The molecule has 6 nitrogen and oxygen atoms in total. The van der Waals surface area contributed by atoms with Gasteiger partial charge in [0.25, 0.3) is 0 Å². The predicted molar refractivity (Wildman–Crippen MR) is 162 cm³/mol. The highest BCUT2D eigenvalue weighted by atomic mass is 19.1. The Morgan fingerprint density at radius 2 is 1.81 bits per heavy atom. The van der Waals surface area contributed by atoms with Crippen LogP contribution in [0.25, 0.3) is 0 Å². The predicted octanol–water partition coefficient (Wildman–Crippen LogP) is 6.17. The molecule has 4 aromatic rings. The van der Waals surface area contributed by atoms with E-state index in [1.807, 2.05) is 48.8 Å². The first-order valence-electron chi connectivity index (χ1n) is 14.7. The fourth-order valence-corrected chi connectivity index (χ4v) is 5.98. The molecule has 2 heterocycles. The number of aromatic nitrogens is 2. The van der Waals surface area contributed by atoms with Crippen molar-refractivity contribution in [3.8, 4) is 0 Å². The van der Waals surface area contributed by atoms with Crippen molar-refractivity contribution in [1.82, 2.24) is 20.2 Å². The van der Waals surface area contributed by atoms with Crippen LogP contribution in [0.2, 0.25) is 0 Å². The second kappa shape index (κ2) is 13.8. The summed E-state index contributed by atoms with van der Waals surface area (Å²) in [6.45, 7) is 5.27. The van der Waals surface area contributed by atoms with Gasteiger partial charge >= 0.3 is 0 Å². The van der Waals surface area contributed by atoms with Crippen molar-refractivity contribution in [2.75, 3.05) is 0 Å². The molecule has 42 heavy (non-hydrogen) atoms. The van der Waals surface area contributed by atoms with Gasteiger partial charge in [0.05, 0.1) is 24.0 Å². The van der Waals surface area contributed by atoms with Crippen LogP contribution < -0.4 is 5.32 Å². The summed E-state index contributed by atoms with van der Waals surface area (Å²) in [5.41, 5.74) is 8.55. The molecule has 0 fully saturated rings. The summed E-state index contributed by atoms with van der Waals surface area (Å²) < 4.78 is 13.5. The highest BCUT2D eigenvalue weighted by Crippen LogP contribution is 2.36. The van der Waals surface area contributed by atoms with Crippen LogP contribution in [0.4, 0.5) is 4.39 Å². The van der Waals surface area contributed by atoms with E-state index in [1.54, 1.807) is 0 Å². The molecule has 0 aliphatic heterocycles. The maximum atomic E-state index is 13.5. The third-order valence-corrected chi connectivity index (χ3v) is 8.26. The quantitative estimate of drug-likeness (QED) is 0.227. The lowest BCUT2D eigenvalue weighted by Crippen LogP contribution is -2.32. The van der Waals surface area contributed by atoms with E-state index < -0.39 is 0 Å². The van der Waals surface area contributed by atoms with Gasteiger partial charge in [-0.05, 0) is 89.2 Å². The van der Waals surface area contributed by atoms with Crippen LogP contribution in [0.1, 0.15) is 83.4 Å². The molecule has 2 aromatic heterocycles. The minimum Gasteiger partial charge on any atom is -0.392 e. The molecule has 218 valence electrons. The Morgan fingerprint density at radius 3 is 2.60 bits per heavy atom. The first kappa shape index (κ1) is 29.5. The molecule has 2 unspecified atom stereocenters. The molecule has 7 heteroatoms. The number of rotatable bonds is 11. The van der Waals surface area contributed by atoms with Gasteiger partial charge in [0, 0.05) is 39.0 Å². The average molecular weight is 567 g/mol. The van der Waals surface area contributed by atoms with Crippen molar-refractivity contribution in [2.45, 2.75) is 77.7 Å². The third-order valence-electron chi connectivity index (χ3n) is 8.26. The number of fused-ring (bicyclic) bond motifs is 1. The molecule has 0 radical (unpaired) electrons. The smallest absolute Gasteiger partial charge is 0.217 e. The number of amides is 1. The molecular weight excluding hydrogens is 527 g/mol. The van der Waals surface area contributed by atoms with E-state index in [9.17, 15) is 14.3 Å². The largest absolute Gasteiger partial charge is 0.392 e. The van der Waals surface area contributed by atoms with E-state index in [0.717, 1.165) is 59.3 Å². The zero-order valence-electron chi connectivity index (χ0n) is 24.4. The van der Waals surface area contributed by atoms with Gasteiger partial charge < -0.3 is 10.4 Å². The molecule has 0 saturated carbocycles. The van der Waals surface area contributed by atoms with E-state index in [-0.39, 0.29) is 30.3 Å². The Labute approximate surface area is 247 Å². The number of halogens is 1. The number of hydrogen-bond donors (Lipinski definition) is 2. The minimum absolute atomic E-state index is 0.0827. The maximum Gasteiger partial charge on any atom is 0.217 e. The van der Waals surface area contributed by atoms with E-state index in [1.165, 1.54) is 30.2 Å². The third kappa shape index (κ3) is 7.27. The molecule has 2 N–H and O–H groups in total. The Bertz CT molecular complexity index is 1510. The second-order valence-electron chi connectivity index (χ2n) is 11.3. The van der Waals surface area contributed by atoms with Crippen molar-refractivity contribution in [3.63, 3.8) is 0 Å². The number of pyridine rings is 2. The Balaban J connectivity index is 1.46. The fourth-order valence-electron chi connectivity index (χ4n) is 5.98. The van der Waals surface area contributed by atoms with Crippen molar-refractivity contribution >= 4 is 5.91 Å². The highest BCUT2D eigenvalue weighted by Gasteiger charge is 2.29. The van der Waals surface area contributed by atoms with E-state index in [0.29, 0.717) is 19.6 Å². The van der Waals surface area contributed by atoms with Crippen LogP contribution >= 0.6 is 0 Å². The standard InChI is InChI=1S/C35H39FN4O2/c1-24(27-12-14-32(36)15-13-27)18-29-8-5-16-37-33(29)22-40(34-9-3-6-28-7-4-17-38-35(28)34)21-30-11-10-26(19-31(30)23-41)20-39-25(2)42/h4-5,7-8,10-17,19,24,34,41H,3,6,9,18,20-23H2,1-2H3,(H,39,42). The summed E-state index contributed by atoms with van der Waals surface area (Å²) >= 11 is 0. The van der Waals surface area contributed by atoms with E-state index >= 15 is 0 Å². The SMILES string of the molecule is CC(=O)NCc1ccc(CN(Cc2ncccc2CC(C)c2ccc(F)cc2)C2CCCc3cccnc32)c(CO)c1. The van der Waals surface area contributed by atoms with Crippen LogP contribution in [0.15, 0.2) is 79.1 Å². The molecule has 1 aliphatic carbocycles. The van der Waals surface area contributed by atoms with E-state index in [4.69, 9.17) is 9.97 Å². The molecule has 0 spiro atoms. The Kier molecular flexibility index (Phi) is 9.72. The molecule has 0 bridgehead atoms. The number of carbonyl (C=O) groups excluding carboxylic acids is 1. The highest BCUT2D eigenvalue weighted by molar-refractivity contribution is 5.72. The van der Waals surface area contributed by atoms with Gasteiger partial charge in [-0.25, -0.2) is 4.39 Å². The fraction of sp³-hybridized carbons (Fsp3) is 0.343. The Morgan fingerprint density at radius 1 is 1.02 bits per heavy atom. The van der Waals surface area contributed by atoms with Crippen molar-refractivity contribution in [1.29, 1.82) is 0 Å². The second-order valence-corrected chi connectivity index (χ2v) is 11.3. The Hall–Kier alpha value is -3.94. The van der Waals surface area contributed by atoms with Crippen LogP contribution in [-0.4, -0.2) is 25.9 Å². The topological polar surface area (TPSA) is 78.4 Å². The van der Waals surface area contributed by atoms with Gasteiger partial charge in [-0.2, -0.15) is 0 Å². The lowest BCUT2D eigenvalue weighted by molar-refractivity contribution is -0.119. The van der Waals surface area contributed by atoms with Crippen LogP contribution in [0.3, 0.4) is 0 Å². The molecule has 2 atom stereocenters. The number of nitrogens with zero attached hydrogens (tertiary/aromatic N) is 3. The number of benzene rings is 2. The first-order chi connectivity index (χ1) is 20.4. The number of nitrogens with one attached hydrogen (secondary N) is 1. The average Bonchev–Trinajstić information content (AvgIpc) is 3.01. The van der Waals surface area contributed by atoms with Crippen LogP contribution in [0, 0.1) is 5.82 Å². The van der Waals surface area contributed by atoms with Crippen molar-refractivity contribution in [3.05, 3.63) is 130 Å². The lowest BCUT2D eigenvalue weighted by Gasteiger charge is -2.35. The van der Waals surface area contributed by atoms with Gasteiger partial charge in [-0.1, -0.05) is 49.4 Å². The number of aryl methyl sites for hydroxylation is 1. The van der Waals surface area contributed by atoms with E-state index in [2.05, 4.69) is 35.3 Å². The summed E-state index contributed by atoms with van der Waals surface area (Å²) in [5.74, 6) is -0.106. The number of aliphatic hydroxyl groups is 1. The number of carbonyl (C=O) groups is 1. The normalized spacial score (nSPS) is 15.3. The lowest BCUT2D eigenvalue weighted by atomic mass is 9.89. The summed E-state index contributed by atoms with van der Waals surface area (Å²) in [7, 11) is 0. The minimum atomic E-state index is -0.226.